The van der Waals surface area contributed by atoms with Crippen LogP contribution in [0.25, 0.3) is 0 Å². The molecule has 1 fully saturated rings. The quantitative estimate of drug-likeness (QED) is 0.344. The highest BCUT2D eigenvalue weighted by Crippen LogP contribution is 2.50. The number of hydrogen-bond donors (Lipinski definition) is 2. The fraction of sp³-hybridized carbons (Fsp3) is 0.273. The molecule has 0 aliphatic carbocycles. The van der Waals surface area contributed by atoms with E-state index in [2.05, 4.69) is 0 Å². The minimum Gasteiger partial charge on any atom is -0.378 e. The highest BCUT2D eigenvalue weighted by molar-refractivity contribution is 5.43. The average Bonchev–Trinajstić information content (AvgIpc) is 3.42. The molecule has 0 spiro atoms. The van der Waals surface area contributed by atoms with E-state index < -0.39 is 35.1 Å². The molecule has 0 bridgehead atoms. The van der Waals surface area contributed by atoms with Gasteiger partial charge in [0.1, 0.15) is 23.4 Å². The Balaban J connectivity index is 1.77. The van der Waals surface area contributed by atoms with Gasteiger partial charge < -0.3 is 19.7 Å². The van der Waals surface area contributed by atoms with Crippen molar-refractivity contribution in [3.8, 4) is 0 Å². The summed E-state index contributed by atoms with van der Waals surface area (Å²) < 4.78 is 13.3. The molecule has 4 nitrogen and oxygen atoms in total. The van der Waals surface area contributed by atoms with Crippen LogP contribution in [0.15, 0.2) is 121 Å². The van der Waals surface area contributed by atoms with Crippen LogP contribution in [0.3, 0.4) is 0 Å². The van der Waals surface area contributed by atoms with Gasteiger partial charge >= 0.3 is 0 Å². The number of hydrogen-bond acceptors (Lipinski definition) is 4. The standard InChI is InChI=1S/C33H34O4/c1-31(2,3)30-36-28(32(34,24-16-8-4-9-17-24)25-18-10-5-11-19-25)29(37-30)33(35,26-20-12-6-13-21-26)27-22-14-7-15-23-27/h4-23,28-30,34-35H,1-3H3/t28-,29-/m0/s1. The van der Waals surface area contributed by atoms with E-state index in [0.717, 1.165) is 0 Å². The topological polar surface area (TPSA) is 58.9 Å². The molecule has 0 radical (unpaired) electrons. The van der Waals surface area contributed by atoms with Crippen LogP contribution < -0.4 is 0 Å². The van der Waals surface area contributed by atoms with Gasteiger partial charge in [0.15, 0.2) is 6.29 Å². The lowest BCUT2D eigenvalue weighted by Gasteiger charge is -2.42. The number of aliphatic hydroxyl groups is 2. The maximum Gasteiger partial charge on any atom is 0.163 e. The first-order valence-corrected chi connectivity index (χ1v) is 12.7. The van der Waals surface area contributed by atoms with Gasteiger partial charge in [-0.05, 0) is 22.3 Å². The summed E-state index contributed by atoms with van der Waals surface area (Å²) in [7, 11) is 0. The largest absolute Gasteiger partial charge is 0.378 e. The third-order valence-corrected chi connectivity index (χ3v) is 7.20. The predicted molar refractivity (Wildman–Crippen MR) is 145 cm³/mol. The van der Waals surface area contributed by atoms with Crippen LogP contribution >= 0.6 is 0 Å². The lowest BCUT2D eigenvalue weighted by Crippen LogP contribution is -2.54. The van der Waals surface area contributed by atoms with Gasteiger partial charge in [-0.15, -0.1) is 0 Å². The third kappa shape index (κ3) is 4.51. The number of rotatable bonds is 6. The first-order valence-electron chi connectivity index (χ1n) is 12.7. The molecule has 4 aromatic rings. The Bertz CT molecular complexity index is 1110. The van der Waals surface area contributed by atoms with Gasteiger partial charge in [-0.1, -0.05) is 142 Å². The fourth-order valence-corrected chi connectivity index (χ4v) is 5.24. The molecule has 1 aliphatic rings. The second-order valence-electron chi connectivity index (χ2n) is 10.8. The summed E-state index contributed by atoms with van der Waals surface area (Å²) in [6.45, 7) is 6.10. The molecule has 4 heteroatoms. The second kappa shape index (κ2) is 9.88. The number of benzene rings is 4. The van der Waals surface area contributed by atoms with E-state index in [1.54, 1.807) is 0 Å². The van der Waals surface area contributed by atoms with Crippen molar-refractivity contribution < 1.29 is 19.7 Å². The molecule has 2 atom stereocenters. The maximum atomic E-state index is 12.7. The molecule has 1 aliphatic heterocycles. The van der Waals surface area contributed by atoms with Crippen molar-refractivity contribution >= 4 is 0 Å². The van der Waals surface area contributed by atoms with Crippen LogP contribution in [0.4, 0.5) is 0 Å². The smallest absolute Gasteiger partial charge is 0.163 e. The highest BCUT2D eigenvalue weighted by Gasteiger charge is 2.60. The van der Waals surface area contributed by atoms with Crippen LogP contribution in [0.5, 0.6) is 0 Å². The van der Waals surface area contributed by atoms with Crippen molar-refractivity contribution in [2.45, 2.75) is 50.5 Å². The summed E-state index contributed by atoms with van der Waals surface area (Å²) >= 11 is 0. The van der Waals surface area contributed by atoms with Crippen molar-refractivity contribution in [1.82, 2.24) is 0 Å². The van der Waals surface area contributed by atoms with Crippen LogP contribution in [-0.4, -0.2) is 28.7 Å². The van der Waals surface area contributed by atoms with Gasteiger partial charge in [0.25, 0.3) is 0 Å². The first kappa shape index (κ1) is 25.4. The van der Waals surface area contributed by atoms with E-state index in [-0.39, 0.29) is 0 Å². The van der Waals surface area contributed by atoms with Crippen molar-refractivity contribution in [3.63, 3.8) is 0 Å². The van der Waals surface area contributed by atoms with Gasteiger partial charge in [0.2, 0.25) is 0 Å². The summed E-state index contributed by atoms with van der Waals surface area (Å²) in [5.74, 6) is 0. The lowest BCUT2D eigenvalue weighted by molar-refractivity contribution is -0.157. The molecule has 0 unspecified atom stereocenters. The van der Waals surface area contributed by atoms with Crippen LogP contribution in [0.2, 0.25) is 0 Å². The van der Waals surface area contributed by atoms with Crippen molar-refractivity contribution in [1.29, 1.82) is 0 Å². The van der Waals surface area contributed by atoms with Crippen molar-refractivity contribution in [2.75, 3.05) is 0 Å². The van der Waals surface area contributed by atoms with Crippen LogP contribution in [0.1, 0.15) is 43.0 Å². The predicted octanol–water partition coefficient (Wildman–Crippen LogP) is 6.01. The molecule has 5 rings (SSSR count). The summed E-state index contributed by atoms with van der Waals surface area (Å²) in [4.78, 5) is 0. The molecule has 4 aromatic carbocycles. The monoisotopic (exact) mass is 494 g/mol. The van der Waals surface area contributed by atoms with Crippen LogP contribution in [-0.2, 0) is 20.7 Å². The molecule has 1 saturated heterocycles. The average molecular weight is 495 g/mol. The minimum absolute atomic E-state index is 0.407. The minimum atomic E-state index is -1.61. The van der Waals surface area contributed by atoms with E-state index >= 15 is 0 Å². The van der Waals surface area contributed by atoms with E-state index in [1.807, 2.05) is 142 Å². The van der Waals surface area contributed by atoms with Crippen LogP contribution in [0, 0.1) is 5.41 Å². The van der Waals surface area contributed by atoms with Gasteiger partial charge in [-0.2, -0.15) is 0 Å². The molecule has 0 saturated carbocycles. The zero-order valence-corrected chi connectivity index (χ0v) is 21.5. The zero-order valence-electron chi connectivity index (χ0n) is 21.5. The first-order chi connectivity index (χ1) is 17.8. The second-order valence-corrected chi connectivity index (χ2v) is 10.8. The SMILES string of the molecule is CC(C)(C)C1O[C@H](C(O)(c2ccccc2)c2ccccc2)[C@@H](C(O)(c2ccccc2)c2ccccc2)O1. The summed E-state index contributed by atoms with van der Waals surface area (Å²) in [6, 6.07) is 38.0. The van der Waals surface area contributed by atoms with Crippen molar-refractivity contribution in [3.05, 3.63) is 144 Å². The lowest BCUT2D eigenvalue weighted by atomic mass is 9.72. The molecule has 190 valence electrons. The molecule has 1 heterocycles. The number of ether oxygens (including phenoxy) is 2. The summed E-state index contributed by atoms with van der Waals surface area (Å²) in [5.41, 5.74) is -0.961. The summed E-state index contributed by atoms with van der Waals surface area (Å²) in [6.07, 6.45) is -2.54. The highest BCUT2D eigenvalue weighted by atomic mass is 16.7. The van der Waals surface area contributed by atoms with E-state index in [4.69, 9.17) is 9.47 Å². The van der Waals surface area contributed by atoms with Gasteiger partial charge in [-0.25, -0.2) is 0 Å². The normalized spacial score (nSPS) is 19.2. The molecule has 0 aromatic heterocycles. The molecule has 2 N–H and O–H groups in total. The third-order valence-electron chi connectivity index (χ3n) is 7.20. The summed E-state index contributed by atoms with van der Waals surface area (Å²) in [5, 5.41) is 25.5. The Labute approximate surface area is 219 Å². The molecule has 0 amide bonds. The molecule has 37 heavy (non-hydrogen) atoms. The van der Waals surface area contributed by atoms with E-state index in [9.17, 15) is 10.2 Å². The van der Waals surface area contributed by atoms with E-state index in [1.165, 1.54) is 0 Å². The maximum absolute atomic E-state index is 12.7. The van der Waals surface area contributed by atoms with Gasteiger partial charge in [-0.3, -0.25) is 0 Å². The molecular formula is C33H34O4. The van der Waals surface area contributed by atoms with Gasteiger partial charge in [0.05, 0.1) is 0 Å². The van der Waals surface area contributed by atoms with E-state index in [0.29, 0.717) is 22.3 Å². The molecular weight excluding hydrogens is 460 g/mol. The Morgan fingerprint density at radius 1 is 0.459 bits per heavy atom. The Hall–Kier alpha value is -3.28. The zero-order chi connectivity index (χ0) is 26.1. The fourth-order valence-electron chi connectivity index (χ4n) is 5.24. The van der Waals surface area contributed by atoms with Gasteiger partial charge in [0, 0.05) is 5.41 Å². The van der Waals surface area contributed by atoms with Crippen molar-refractivity contribution in [2.24, 2.45) is 5.41 Å². The Kier molecular flexibility index (Phi) is 6.78. The Morgan fingerprint density at radius 3 is 0.919 bits per heavy atom. The Morgan fingerprint density at radius 2 is 0.703 bits per heavy atom.